The molecule has 0 saturated carbocycles. The highest BCUT2D eigenvalue weighted by atomic mass is 35.5. The van der Waals surface area contributed by atoms with Gasteiger partial charge >= 0.3 is 5.97 Å². The predicted octanol–water partition coefficient (Wildman–Crippen LogP) is 3.57. The fourth-order valence-electron chi connectivity index (χ4n) is 1.49. The SMILES string of the molecule is Cc1cc(COc2c(Cl)cc(Cl)cc2C(=O)O)on1. The topological polar surface area (TPSA) is 72.6 Å². The van der Waals surface area contributed by atoms with Crippen LogP contribution in [0.5, 0.6) is 5.75 Å². The molecule has 5 nitrogen and oxygen atoms in total. The zero-order valence-electron chi connectivity index (χ0n) is 9.81. The van der Waals surface area contributed by atoms with E-state index in [9.17, 15) is 4.79 Å². The van der Waals surface area contributed by atoms with E-state index in [0.29, 0.717) is 11.5 Å². The lowest BCUT2D eigenvalue weighted by atomic mass is 10.2. The maximum atomic E-state index is 11.1. The number of carboxylic acids is 1. The molecular weight excluding hydrogens is 293 g/mol. The zero-order valence-corrected chi connectivity index (χ0v) is 11.3. The molecule has 0 unspecified atom stereocenters. The van der Waals surface area contributed by atoms with E-state index in [0.717, 1.165) is 0 Å². The minimum atomic E-state index is -1.17. The summed E-state index contributed by atoms with van der Waals surface area (Å²) in [5.41, 5.74) is 0.605. The number of ether oxygens (including phenoxy) is 1. The third-order valence-corrected chi connectivity index (χ3v) is 2.77. The van der Waals surface area contributed by atoms with Gasteiger partial charge in [0.25, 0.3) is 0 Å². The smallest absolute Gasteiger partial charge is 0.339 e. The van der Waals surface area contributed by atoms with Crippen molar-refractivity contribution in [1.82, 2.24) is 5.16 Å². The van der Waals surface area contributed by atoms with Crippen LogP contribution >= 0.6 is 23.2 Å². The molecule has 7 heteroatoms. The molecule has 2 rings (SSSR count). The maximum Gasteiger partial charge on any atom is 0.339 e. The molecule has 0 aliphatic heterocycles. The van der Waals surface area contributed by atoms with E-state index in [-0.39, 0.29) is 28.0 Å². The summed E-state index contributed by atoms with van der Waals surface area (Å²) >= 11 is 11.7. The number of rotatable bonds is 4. The molecule has 0 aliphatic rings. The van der Waals surface area contributed by atoms with Gasteiger partial charge in [0.05, 0.1) is 10.7 Å². The highest BCUT2D eigenvalue weighted by Gasteiger charge is 2.17. The lowest BCUT2D eigenvalue weighted by Gasteiger charge is -2.10. The Kier molecular flexibility index (Phi) is 3.97. The predicted molar refractivity (Wildman–Crippen MR) is 69.0 cm³/mol. The second-order valence-corrected chi connectivity index (χ2v) is 4.64. The molecule has 0 amide bonds. The van der Waals surface area contributed by atoms with E-state index in [2.05, 4.69) is 5.16 Å². The molecule has 0 atom stereocenters. The Bertz CT molecular complexity index is 624. The summed E-state index contributed by atoms with van der Waals surface area (Å²) in [6, 6.07) is 4.37. The van der Waals surface area contributed by atoms with Gasteiger partial charge in [0.1, 0.15) is 12.2 Å². The summed E-state index contributed by atoms with van der Waals surface area (Å²) in [5, 5.41) is 13.1. The standard InChI is InChI=1S/C12H9Cl2NO4/c1-6-2-8(19-15-6)5-18-11-9(12(16)17)3-7(13)4-10(11)14/h2-4H,5H2,1H3,(H,16,17). The van der Waals surface area contributed by atoms with Crippen LogP contribution in [0, 0.1) is 6.92 Å². The van der Waals surface area contributed by atoms with Crippen molar-refractivity contribution in [2.45, 2.75) is 13.5 Å². The number of nitrogens with zero attached hydrogens (tertiary/aromatic N) is 1. The molecule has 1 heterocycles. The number of carbonyl (C=O) groups is 1. The summed E-state index contributed by atoms with van der Waals surface area (Å²) in [5.74, 6) is -0.652. The number of benzene rings is 1. The largest absolute Gasteiger partial charge is 0.483 e. The van der Waals surface area contributed by atoms with E-state index in [1.54, 1.807) is 13.0 Å². The first kappa shape index (κ1) is 13.7. The first-order chi connectivity index (χ1) is 8.97. The molecular formula is C12H9Cl2NO4. The van der Waals surface area contributed by atoms with Gasteiger partial charge in [0, 0.05) is 11.1 Å². The van der Waals surface area contributed by atoms with Crippen LogP contribution in [0.15, 0.2) is 22.7 Å². The Balaban J connectivity index is 2.26. The highest BCUT2D eigenvalue weighted by Crippen LogP contribution is 2.33. The number of hydrogen-bond donors (Lipinski definition) is 1. The molecule has 1 N–H and O–H groups in total. The molecule has 100 valence electrons. The van der Waals surface area contributed by atoms with Crippen molar-refractivity contribution in [2.75, 3.05) is 0 Å². The second kappa shape index (κ2) is 5.50. The molecule has 19 heavy (non-hydrogen) atoms. The van der Waals surface area contributed by atoms with Crippen molar-refractivity contribution in [3.63, 3.8) is 0 Å². The molecule has 1 aromatic carbocycles. The van der Waals surface area contributed by atoms with E-state index in [4.69, 9.17) is 37.6 Å². The zero-order chi connectivity index (χ0) is 14.0. The Hall–Kier alpha value is -1.72. The van der Waals surface area contributed by atoms with Crippen LogP contribution in [-0.2, 0) is 6.61 Å². The second-order valence-electron chi connectivity index (χ2n) is 3.79. The molecule has 0 saturated heterocycles. The molecule has 0 bridgehead atoms. The summed E-state index contributed by atoms with van der Waals surface area (Å²) in [6.45, 7) is 1.80. The van der Waals surface area contributed by atoms with Gasteiger partial charge in [0.2, 0.25) is 0 Å². The van der Waals surface area contributed by atoms with Gasteiger partial charge in [-0.3, -0.25) is 0 Å². The monoisotopic (exact) mass is 301 g/mol. The number of aromatic nitrogens is 1. The number of hydrogen-bond acceptors (Lipinski definition) is 4. The van der Waals surface area contributed by atoms with Crippen molar-refractivity contribution in [3.05, 3.63) is 45.3 Å². The normalized spacial score (nSPS) is 10.5. The van der Waals surface area contributed by atoms with Gasteiger partial charge in [-0.05, 0) is 19.1 Å². The van der Waals surface area contributed by atoms with E-state index < -0.39 is 5.97 Å². The summed E-state index contributed by atoms with van der Waals surface area (Å²) < 4.78 is 10.3. The van der Waals surface area contributed by atoms with Crippen molar-refractivity contribution < 1.29 is 19.2 Å². The van der Waals surface area contributed by atoms with Gasteiger partial charge < -0.3 is 14.4 Å². The summed E-state index contributed by atoms with van der Waals surface area (Å²) in [4.78, 5) is 11.1. The van der Waals surface area contributed by atoms with E-state index >= 15 is 0 Å². The van der Waals surface area contributed by atoms with E-state index in [1.807, 2.05) is 0 Å². The maximum absolute atomic E-state index is 11.1. The van der Waals surface area contributed by atoms with Crippen LogP contribution in [0.25, 0.3) is 0 Å². The van der Waals surface area contributed by atoms with Gasteiger partial charge in [-0.2, -0.15) is 0 Å². The number of aryl methyl sites for hydroxylation is 1. The first-order valence-electron chi connectivity index (χ1n) is 5.24. The van der Waals surface area contributed by atoms with Crippen LogP contribution in [0.3, 0.4) is 0 Å². The molecule has 0 aliphatic carbocycles. The van der Waals surface area contributed by atoms with Gasteiger partial charge in [-0.25, -0.2) is 4.79 Å². The Morgan fingerprint density at radius 3 is 2.74 bits per heavy atom. The summed E-state index contributed by atoms with van der Waals surface area (Å²) in [6.07, 6.45) is 0. The van der Waals surface area contributed by atoms with Crippen LogP contribution in [0.4, 0.5) is 0 Å². The third-order valence-electron chi connectivity index (χ3n) is 2.27. The number of halogens is 2. The Labute approximate surface area is 118 Å². The van der Waals surface area contributed by atoms with Gasteiger partial charge in [-0.15, -0.1) is 0 Å². The molecule has 0 fully saturated rings. The van der Waals surface area contributed by atoms with Crippen LogP contribution < -0.4 is 4.74 Å². The number of aromatic carboxylic acids is 1. The van der Waals surface area contributed by atoms with Gasteiger partial charge in [-0.1, -0.05) is 28.4 Å². The average Bonchev–Trinajstić information content (AvgIpc) is 2.73. The lowest BCUT2D eigenvalue weighted by Crippen LogP contribution is -2.04. The molecule has 1 aromatic heterocycles. The number of carboxylic acid groups (broad SMARTS) is 1. The highest BCUT2D eigenvalue weighted by molar-refractivity contribution is 6.36. The fourth-order valence-corrected chi connectivity index (χ4v) is 2.04. The Morgan fingerprint density at radius 1 is 1.42 bits per heavy atom. The summed E-state index contributed by atoms with van der Waals surface area (Å²) in [7, 11) is 0. The minimum Gasteiger partial charge on any atom is -0.483 e. The van der Waals surface area contributed by atoms with Crippen LogP contribution in [-0.4, -0.2) is 16.2 Å². The van der Waals surface area contributed by atoms with E-state index in [1.165, 1.54) is 12.1 Å². The van der Waals surface area contributed by atoms with Crippen molar-refractivity contribution >= 4 is 29.2 Å². The quantitative estimate of drug-likeness (QED) is 0.934. The first-order valence-corrected chi connectivity index (χ1v) is 6.00. The Morgan fingerprint density at radius 2 is 2.16 bits per heavy atom. The lowest BCUT2D eigenvalue weighted by molar-refractivity contribution is 0.0691. The van der Waals surface area contributed by atoms with Crippen LogP contribution in [0.1, 0.15) is 21.8 Å². The van der Waals surface area contributed by atoms with Gasteiger partial charge in [0.15, 0.2) is 11.5 Å². The van der Waals surface area contributed by atoms with Crippen molar-refractivity contribution in [2.24, 2.45) is 0 Å². The van der Waals surface area contributed by atoms with Crippen molar-refractivity contribution in [1.29, 1.82) is 0 Å². The fraction of sp³-hybridized carbons (Fsp3) is 0.167. The third kappa shape index (κ3) is 3.19. The van der Waals surface area contributed by atoms with Crippen LogP contribution in [0.2, 0.25) is 10.0 Å². The minimum absolute atomic E-state index is 0.0302. The van der Waals surface area contributed by atoms with Crippen molar-refractivity contribution in [3.8, 4) is 5.75 Å². The molecule has 2 aromatic rings. The molecule has 0 spiro atoms. The molecule has 0 radical (unpaired) electrons. The average molecular weight is 302 g/mol.